The van der Waals surface area contributed by atoms with Crippen LogP contribution >= 0.6 is 23.2 Å². The zero-order valence-electron chi connectivity index (χ0n) is 35.6. The normalized spacial score (nSPS) is 15.3. The molecule has 2 N–H and O–H groups in total. The summed E-state index contributed by atoms with van der Waals surface area (Å²) in [5.74, 6) is 0.866. The SMILES string of the molecule is COc1ccc(CN(Cc2ccc(OC)cc2)c2cc(C)c(C(F)(F)F)c(-c3c(F)c4c5c(c3Cl)=NCNC=5N([C@@H]3CCCc5ccnc(NCc6ccccc6)c53)C=C(Cl)O4)n2)cc1. The third-order valence-electron chi connectivity index (χ3n) is 11.8. The summed E-state index contributed by atoms with van der Waals surface area (Å²) in [5.41, 5.74) is 2.05. The van der Waals surface area contributed by atoms with Crippen molar-refractivity contribution in [1.82, 2.24) is 20.2 Å². The number of aryl methyl sites for hydroxylation is 2. The molecular weight excluding hydrogens is 881 g/mol. The van der Waals surface area contributed by atoms with Gasteiger partial charge in [0.15, 0.2) is 11.6 Å². The molecule has 334 valence electrons. The minimum absolute atomic E-state index is 0.0314. The largest absolute Gasteiger partial charge is 0.497 e. The highest BCUT2D eigenvalue weighted by Gasteiger charge is 2.41. The number of alkyl halides is 3. The minimum Gasteiger partial charge on any atom is -0.497 e. The van der Waals surface area contributed by atoms with Crippen LogP contribution < -0.4 is 40.3 Å². The van der Waals surface area contributed by atoms with Gasteiger partial charge in [-0.1, -0.05) is 66.2 Å². The summed E-state index contributed by atoms with van der Waals surface area (Å²) in [7, 11) is 3.12. The molecule has 65 heavy (non-hydrogen) atoms. The Kier molecular flexibility index (Phi) is 12.2. The highest BCUT2D eigenvalue weighted by molar-refractivity contribution is 6.33. The summed E-state index contributed by atoms with van der Waals surface area (Å²) >= 11 is 14.0. The lowest BCUT2D eigenvalue weighted by Gasteiger charge is -2.37. The highest BCUT2D eigenvalue weighted by atomic mass is 35.5. The molecule has 0 radical (unpaired) electrons. The van der Waals surface area contributed by atoms with Crippen molar-refractivity contribution in [2.75, 3.05) is 31.1 Å². The molecule has 4 heterocycles. The van der Waals surface area contributed by atoms with Crippen molar-refractivity contribution in [3.63, 3.8) is 0 Å². The summed E-state index contributed by atoms with van der Waals surface area (Å²) in [5, 5.41) is 6.37. The van der Waals surface area contributed by atoms with E-state index in [1.54, 1.807) is 50.9 Å². The monoisotopic (exact) mass is 923 g/mol. The molecule has 0 fully saturated rings. The number of anilines is 2. The number of rotatable bonds is 12. The van der Waals surface area contributed by atoms with Crippen molar-refractivity contribution in [1.29, 1.82) is 0 Å². The lowest BCUT2D eigenvalue weighted by atomic mass is 9.87. The van der Waals surface area contributed by atoms with Crippen LogP contribution in [0, 0.1) is 12.7 Å². The van der Waals surface area contributed by atoms with Crippen LogP contribution in [0.1, 0.15) is 57.8 Å². The van der Waals surface area contributed by atoms with Crippen LogP contribution in [0.2, 0.25) is 5.02 Å². The van der Waals surface area contributed by atoms with Crippen LogP contribution in [0.15, 0.2) is 114 Å². The van der Waals surface area contributed by atoms with Crippen LogP contribution in [0.3, 0.4) is 0 Å². The summed E-state index contributed by atoms with van der Waals surface area (Å²) < 4.78 is 80.6. The number of nitrogens with one attached hydrogen (secondary N) is 2. The Morgan fingerprint density at radius 1 is 0.923 bits per heavy atom. The van der Waals surface area contributed by atoms with Gasteiger partial charge in [-0.15, -0.1) is 0 Å². The summed E-state index contributed by atoms with van der Waals surface area (Å²) in [6.45, 7) is 2.26. The van der Waals surface area contributed by atoms with Crippen molar-refractivity contribution in [3.05, 3.63) is 169 Å². The predicted molar refractivity (Wildman–Crippen MR) is 243 cm³/mol. The van der Waals surface area contributed by atoms with E-state index in [0.717, 1.165) is 40.7 Å². The summed E-state index contributed by atoms with van der Waals surface area (Å²) in [4.78, 5) is 17.7. The molecule has 2 aliphatic heterocycles. The molecule has 0 unspecified atom stereocenters. The first-order chi connectivity index (χ1) is 31.4. The van der Waals surface area contributed by atoms with Gasteiger partial charge in [0.2, 0.25) is 5.22 Å². The van der Waals surface area contributed by atoms with Crippen molar-refractivity contribution >= 4 is 40.7 Å². The second-order valence-corrected chi connectivity index (χ2v) is 16.6. The number of pyridine rings is 2. The van der Waals surface area contributed by atoms with Crippen LogP contribution in [-0.4, -0.2) is 35.8 Å². The Bertz CT molecular complexity index is 2870. The molecular formula is C49H43Cl2F4N7O3. The Morgan fingerprint density at radius 3 is 2.25 bits per heavy atom. The van der Waals surface area contributed by atoms with Gasteiger partial charge in [0.25, 0.3) is 0 Å². The van der Waals surface area contributed by atoms with Gasteiger partial charge in [0.05, 0.1) is 58.9 Å². The summed E-state index contributed by atoms with van der Waals surface area (Å²) in [6.07, 6.45) is 0.653. The third kappa shape index (κ3) is 8.72. The number of halogens is 6. The molecule has 0 saturated heterocycles. The quantitative estimate of drug-likeness (QED) is 0.116. The maximum absolute atomic E-state index is 17.7. The Morgan fingerprint density at radius 2 is 1.60 bits per heavy atom. The van der Waals surface area contributed by atoms with Crippen LogP contribution in [-0.2, 0) is 32.2 Å². The number of benzene rings is 4. The van der Waals surface area contributed by atoms with E-state index >= 15 is 17.6 Å². The van der Waals surface area contributed by atoms with E-state index < -0.39 is 34.6 Å². The molecule has 4 aromatic carbocycles. The first-order valence-electron chi connectivity index (χ1n) is 20.9. The Balaban J connectivity index is 1.20. The van der Waals surface area contributed by atoms with Crippen LogP contribution in [0.25, 0.3) is 17.1 Å². The van der Waals surface area contributed by atoms with Gasteiger partial charge in [-0.3, -0.25) is 4.99 Å². The number of hydrogen-bond acceptors (Lipinski definition) is 10. The second-order valence-electron chi connectivity index (χ2n) is 15.9. The number of ether oxygens (including phenoxy) is 3. The molecule has 9 rings (SSSR count). The van der Waals surface area contributed by atoms with E-state index in [2.05, 4.69) is 20.6 Å². The lowest BCUT2D eigenvalue weighted by Crippen LogP contribution is -2.45. The van der Waals surface area contributed by atoms with E-state index in [1.165, 1.54) is 13.0 Å². The molecule has 0 bridgehead atoms. The first kappa shape index (κ1) is 43.7. The van der Waals surface area contributed by atoms with Gasteiger partial charge in [0, 0.05) is 31.4 Å². The van der Waals surface area contributed by atoms with E-state index in [-0.39, 0.29) is 58.0 Å². The second kappa shape index (κ2) is 18.2. The predicted octanol–water partition coefficient (Wildman–Crippen LogP) is 10.2. The maximum atomic E-state index is 17.7. The third-order valence-corrected chi connectivity index (χ3v) is 12.4. The molecule has 6 aromatic rings. The van der Waals surface area contributed by atoms with E-state index in [9.17, 15) is 0 Å². The van der Waals surface area contributed by atoms with Crippen LogP contribution in [0.4, 0.5) is 29.2 Å². The van der Waals surface area contributed by atoms with Crippen molar-refractivity contribution in [3.8, 4) is 28.5 Å². The van der Waals surface area contributed by atoms with Gasteiger partial charge in [-0.05, 0) is 102 Å². The van der Waals surface area contributed by atoms with Gasteiger partial charge in [-0.25, -0.2) is 14.4 Å². The number of methoxy groups -OCH3 is 2. The van der Waals surface area contributed by atoms with Gasteiger partial charge in [0.1, 0.15) is 35.6 Å². The molecule has 1 aliphatic carbocycles. The highest BCUT2D eigenvalue weighted by Crippen LogP contribution is 2.45. The number of aromatic nitrogens is 2. The molecule has 0 amide bonds. The average Bonchev–Trinajstić information content (AvgIpc) is 3.46. The van der Waals surface area contributed by atoms with E-state index in [0.29, 0.717) is 36.1 Å². The molecule has 1 atom stereocenters. The van der Waals surface area contributed by atoms with E-state index in [4.69, 9.17) is 42.4 Å². The smallest absolute Gasteiger partial charge is 0.418 e. The van der Waals surface area contributed by atoms with Gasteiger partial charge >= 0.3 is 6.18 Å². The molecule has 0 saturated carbocycles. The molecule has 10 nitrogen and oxygen atoms in total. The maximum Gasteiger partial charge on any atom is 0.418 e. The Hall–Kier alpha value is -6.51. The molecule has 3 aliphatic rings. The number of fused-ring (bicyclic) bond motifs is 1. The topological polar surface area (TPSA) is 96.4 Å². The zero-order chi connectivity index (χ0) is 45.4. The average molecular weight is 925 g/mol. The van der Waals surface area contributed by atoms with Crippen molar-refractivity contribution in [2.24, 2.45) is 4.99 Å². The first-order valence-corrected chi connectivity index (χ1v) is 21.7. The van der Waals surface area contributed by atoms with Crippen molar-refractivity contribution in [2.45, 2.75) is 58.0 Å². The molecule has 2 aromatic heterocycles. The standard InChI is InChI=1S/C49H43Cl2F4N7O3/c1-28-22-37(61(24-30-12-16-33(63-2)17-13-30)25-31-14-18-34(64-3)19-15-31)60-44(41(28)49(53,54)55)39-42(51)45-40-46(43(39)52)65-36(50)26-62(48(40)59-27-58-45)35-11-7-10-32-20-21-56-47(38(32)35)57-23-29-8-5-4-6-9-29/h4-6,8-9,12-22,26,35,59H,7,10-11,23-25,27H2,1-3H3,(H,56,57)/t35-/m1/s1. The molecule has 0 spiro atoms. The fourth-order valence-corrected chi connectivity index (χ4v) is 9.29. The van der Waals surface area contributed by atoms with Gasteiger partial charge in [-0.2, -0.15) is 13.2 Å². The minimum atomic E-state index is -4.97. The van der Waals surface area contributed by atoms with Gasteiger partial charge < -0.3 is 34.6 Å². The molecule has 16 heteroatoms. The Labute approximate surface area is 382 Å². The zero-order valence-corrected chi connectivity index (χ0v) is 37.1. The van der Waals surface area contributed by atoms with Crippen LogP contribution in [0.5, 0.6) is 17.2 Å². The van der Waals surface area contributed by atoms with Crippen molar-refractivity contribution < 1.29 is 31.8 Å². The number of nitrogens with zero attached hydrogens (tertiary/aromatic N) is 5. The summed E-state index contributed by atoms with van der Waals surface area (Å²) in [6, 6.07) is 27.5. The van der Waals surface area contributed by atoms with E-state index in [1.807, 2.05) is 70.5 Å². The lowest BCUT2D eigenvalue weighted by molar-refractivity contribution is -0.137. The fourth-order valence-electron chi connectivity index (χ4n) is 8.78. The number of hydrogen-bond donors (Lipinski definition) is 2. The fraction of sp³-hybridized carbons (Fsp3) is 0.245.